The number of hydrogen-bond donors (Lipinski definition) is 1. The van der Waals surface area contributed by atoms with Crippen LogP contribution in [0.5, 0.6) is 11.5 Å². The molecule has 1 aliphatic heterocycles. The van der Waals surface area contributed by atoms with Crippen molar-refractivity contribution in [1.82, 2.24) is 5.32 Å². The van der Waals surface area contributed by atoms with Gasteiger partial charge in [-0.05, 0) is 31.0 Å². The molecule has 1 fully saturated rings. The molecule has 2 atom stereocenters. The number of hydrogen-bond acceptors (Lipinski definition) is 4. The van der Waals surface area contributed by atoms with Crippen LogP contribution < -0.4 is 14.8 Å². The maximum atomic E-state index is 6.47. The van der Waals surface area contributed by atoms with Crippen LogP contribution in [0.1, 0.15) is 31.4 Å². The lowest BCUT2D eigenvalue weighted by molar-refractivity contribution is 0.0392. The third-order valence-electron chi connectivity index (χ3n) is 3.93. The van der Waals surface area contributed by atoms with Gasteiger partial charge in [-0.2, -0.15) is 0 Å². The molecule has 1 saturated heterocycles. The Bertz CT molecular complexity index is 461. The molecule has 0 aromatic heterocycles. The lowest BCUT2D eigenvalue weighted by atomic mass is 9.88. The second kappa shape index (κ2) is 7.87. The summed E-state index contributed by atoms with van der Waals surface area (Å²) < 4.78 is 16.3. The van der Waals surface area contributed by atoms with Crippen LogP contribution in [0, 0.1) is 5.92 Å². The molecule has 118 valence electrons. The second-order valence-electron chi connectivity index (χ2n) is 5.24. The highest BCUT2D eigenvalue weighted by Gasteiger charge is 2.27. The first-order valence-corrected chi connectivity index (χ1v) is 7.81. The third kappa shape index (κ3) is 3.82. The molecule has 1 aromatic rings. The molecule has 1 aliphatic rings. The summed E-state index contributed by atoms with van der Waals surface area (Å²) in [5.41, 5.74) is 1.05. The van der Waals surface area contributed by atoms with Crippen LogP contribution in [0.2, 0.25) is 5.02 Å². The first kappa shape index (κ1) is 16.4. The first-order valence-electron chi connectivity index (χ1n) is 7.43. The molecule has 1 heterocycles. The number of methoxy groups -OCH3 is 2. The number of benzene rings is 1. The minimum absolute atomic E-state index is 0.169. The molecule has 0 saturated carbocycles. The third-order valence-corrected chi connectivity index (χ3v) is 4.26. The van der Waals surface area contributed by atoms with E-state index in [0.717, 1.165) is 38.2 Å². The molecular formula is C16H24ClNO3. The van der Waals surface area contributed by atoms with Crippen molar-refractivity contribution >= 4 is 11.6 Å². The van der Waals surface area contributed by atoms with E-state index in [2.05, 4.69) is 12.2 Å². The van der Waals surface area contributed by atoms with E-state index in [-0.39, 0.29) is 6.04 Å². The highest BCUT2D eigenvalue weighted by atomic mass is 35.5. The Kier molecular flexibility index (Phi) is 6.15. The molecule has 0 amide bonds. The molecule has 21 heavy (non-hydrogen) atoms. The topological polar surface area (TPSA) is 39.7 Å². The molecule has 0 bridgehead atoms. The van der Waals surface area contributed by atoms with Gasteiger partial charge in [0, 0.05) is 29.7 Å². The fourth-order valence-electron chi connectivity index (χ4n) is 2.89. The van der Waals surface area contributed by atoms with Gasteiger partial charge in [-0.3, -0.25) is 0 Å². The molecule has 0 radical (unpaired) electrons. The summed E-state index contributed by atoms with van der Waals surface area (Å²) in [6.07, 6.45) is 2.24. The number of rotatable bonds is 6. The van der Waals surface area contributed by atoms with Gasteiger partial charge in [-0.15, -0.1) is 0 Å². The minimum atomic E-state index is 0.169. The van der Waals surface area contributed by atoms with Crippen molar-refractivity contribution in [3.8, 4) is 11.5 Å². The summed E-state index contributed by atoms with van der Waals surface area (Å²) in [6, 6.07) is 3.97. The molecule has 0 spiro atoms. The van der Waals surface area contributed by atoms with E-state index in [1.807, 2.05) is 12.1 Å². The zero-order chi connectivity index (χ0) is 15.2. The largest absolute Gasteiger partial charge is 0.493 e. The van der Waals surface area contributed by atoms with E-state index >= 15 is 0 Å². The Hall–Kier alpha value is -0.970. The van der Waals surface area contributed by atoms with Crippen LogP contribution in [-0.2, 0) is 4.74 Å². The van der Waals surface area contributed by atoms with E-state index in [1.165, 1.54) is 0 Å². The average molecular weight is 314 g/mol. The zero-order valence-corrected chi connectivity index (χ0v) is 13.7. The number of ether oxygens (including phenoxy) is 3. The van der Waals surface area contributed by atoms with Crippen LogP contribution in [0.3, 0.4) is 0 Å². The monoisotopic (exact) mass is 313 g/mol. The Morgan fingerprint density at radius 1 is 1.33 bits per heavy atom. The fraction of sp³-hybridized carbons (Fsp3) is 0.625. The van der Waals surface area contributed by atoms with Crippen LogP contribution in [0.15, 0.2) is 12.1 Å². The van der Waals surface area contributed by atoms with Crippen molar-refractivity contribution in [3.05, 3.63) is 22.7 Å². The van der Waals surface area contributed by atoms with Crippen LogP contribution in [0.4, 0.5) is 0 Å². The van der Waals surface area contributed by atoms with E-state index < -0.39 is 0 Å². The molecule has 1 N–H and O–H groups in total. The summed E-state index contributed by atoms with van der Waals surface area (Å²) in [5, 5.41) is 4.24. The quantitative estimate of drug-likeness (QED) is 0.873. The van der Waals surface area contributed by atoms with Gasteiger partial charge in [0.25, 0.3) is 0 Å². The Balaban J connectivity index is 2.34. The van der Waals surface area contributed by atoms with Crippen LogP contribution in [-0.4, -0.2) is 34.0 Å². The van der Waals surface area contributed by atoms with Crippen LogP contribution >= 0.6 is 11.6 Å². The van der Waals surface area contributed by atoms with Gasteiger partial charge in [0.2, 0.25) is 0 Å². The maximum Gasteiger partial charge on any atom is 0.162 e. The predicted molar refractivity (Wildman–Crippen MR) is 84.5 cm³/mol. The van der Waals surface area contributed by atoms with Crippen molar-refractivity contribution in [3.63, 3.8) is 0 Å². The van der Waals surface area contributed by atoms with Gasteiger partial charge in [0.1, 0.15) is 0 Å². The molecule has 0 aliphatic carbocycles. The van der Waals surface area contributed by atoms with Gasteiger partial charge in [0.05, 0.1) is 20.8 Å². The average Bonchev–Trinajstić information content (AvgIpc) is 2.53. The van der Waals surface area contributed by atoms with Crippen molar-refractivity contribution in [2.24, 2.45) is 5.92 Å². The SMILES string of the molecule is CCNC(c1cc(OC)c(OC)cc1Cl)C1CCCOC1. The van der Waals surface area contributed by atoms with Gasteiger partial charge in [-0.25, -0.2) is 0 Å². The Morgan fingerprint density at radius 2 is 2.05 bits per heavy atom. The highest BCUT2D eigenvalue weighted by molar-refractivity contribution is 6.31. The molecule has 5 heteroatoms. The van der Waals surface area contributed by atoms with Gasteiger partial charge < -0.3 is 19.5 Å². The van der Waals surface area contributed by atoms with Crippen molar-refractivity contribution in [1.29, 1.82) is 0 Å². The minimum Gasteiger partial charge on any atom is -0.493 e. The van der Waals surface area contributed by atoms with Gasteiger partial charge in [0.15, 0.2) is 11.5 Å². The Morgan fingerprint density at radius 3 is 2.62 bits per heavy atom. The summed E-state index contributed by atoms with van der Waals surface area (Å²) in [6.45, 7) is 4.61. The van der Waals surface area contributed by atoms with E-state index in [1.54, 1.807) is 14.2 Å². The summed E-state index contributed by atoms with van der Waals surface area (Å²) in [4.78, 5) is 0. The number of halogens is 1. The molecule has 2 unspecified atom stereocenters. The predicted octanol–water partition coefficient (Wildman–Crippen LogP) is 3.43. The summed E-state index contributed by atoms with van der Waals surface area (Å²) >= 11 is 6.47. The normalized spacial score (nSPS) is 20.1. The van der Waals surface area contributed by atoms with Crippen molar-refractivity contribution in [2.45, 2.75) is 25.8 Å². The smallest absolute Gasteiger partial charge is 0.162 e. The van der Waals surface area contributed by atoms with Crippen molar-refractivity contribution < 1.29 is 14.2 Å². The summed E-state index contributed by atoms with van der Waals surface area (Å²) in [7, 11) is 3.26. The molecule has 4 nitrogen and oxygen atoms in total. The lowest BCUT2D eigenvalue weighted by Crippen LogP contribution is -2.33. The van der Waals surface area contributed by atoms with Crippen LogP contribution in [0.25, 0.3) is 0 Å². The van der Waals surface area contributed by atoms with Crippen molar-refractivity contribution in [2.75, 3.05) is 34.0 Å². The van der Waals surface area contributed by atoms with Gasteiger partial charge >= 0.3 is 0 Å². The molecule has 2 rings (SSSR count). The van der Waals surface area contributed by atoms with E-state index in [0.29, 0.717) is 22.4 Å². The Labute approximate surface area is 131 Å². The zero-order valence-electron chi connectivity index (χ0n) is 12.9. The summed E-state index contributed by atoms with van der Waals surface area (Å²) in [5.74, 6) is 1.78. The van der Waals surface area contributed by atoms with E-state index in [4.69, 9.17) is 25.8 Å². The highest BCUT2D eigenvalue weighted by Crippen LogP contribution is 2.39. The standard InChI is InChI=1S/C16H24ClNO3/c1-4-18-16(11-6-5-7-21-10-11)12-8-14(19-2)15(20-3)9-13(12)17/h8-9,11,16,18H,4-7,10H2,1-3H3. The molecular weight excluding hydrogens is 290 g/mol. The second-order valence-corrected chi connectivity index (χ2v) is 5.65. The number of nitrogens with one attached hydrogen (secondary N) is 1. The first-order chi connectivity index (χ1) is 10.2. The maximum absolute atomic E-state index is 6.47. The fourth-order valence-corrected chi connectivity index (χ4v) is 3.16. The lowest BCUT2D eigenvalue weighted by Gasteiger charge is -2.32. The van der Waals surface area contributed by atoms with E-state index in [9.17, 15) is 0 Å². The molecule has 1 aromatic carbocycles. The van der Waals surface area contributed by atoms with Gasteiger partial charge in [-0.1, -0.05) is 18.5 Å².